The molecule has 5 aromatic rings. The van der Waals surface area contributed by atoms with Crippen LogP contribution in [0, 0.1) is 13.8 Å². The Balaban J connectivity index is 1.80. The van der Waals surface area contributed by atoms with Gasteiger partial charge in [0.1, 0.15) is 17.8 Å². The number of anilines is 1. The zero-order valence-corrected chi connectivity index (χ0v) is 19.2. The van der Waals surface area contributed by atoms with Gasteiger partial charge >= 0.3 is 0 Å². The van der Waals surface area contributed by atoms with Crippen LogP contribution in [0.5, 0.6) is 0 Å². The van der Waals surface area contributed by atoms with Crippen LogP contribution in [0.4, 0.5) is 5.82 Å². The number of hydrazine groups is 1. The molecule has 0 aliphatic heterocycles. The van der Waals surface area contributed by atoms with Crippen molar-refractivity contribution in [3.8, 4) is 5.69 Å². The van der Waals surface area contributed by atoms with Gasteiger partial charge in [0, 0.05) is 5.69 Å². The van der Waals surface area contributed by atoms with Gasteiger partial charge in [0.2, 0.25) is 0 Å². The average molecular weight is 469 g/mol. The minimum absolute atomic E-state index is 0.0307. The number of rotatable bonds is 5. The van der Waals surface area contributed by atoms with Crippen molar-refractivity contribution in [3.63, 3.8) is 0 Å². The molecule has 0 radical (unpaired) electrons. The Morgan fingerprint density at radius 1 is 1.06 bits per heavy atom. The van der Waals surface area contributed by atoms with Crippen molar-refractivity contribution in [3.05, 3.63) is 87.7 Å². The van der Waals surface area contributed by atoms with Gasteiger partial charge in [0.05, 0.1) is 23.0 Å². The van der Waals surface area contributed by atoms with Crippen LogP contribution >= 0.6 is 0 Å². The van der Waals surface area contributed by atoms with E-state index >= 15 is 0 Å². The van der Waals surface area contributed by atoms with Crippen LogP contribution in [0.3, 0.4) is 0 Å². The summed E-state index contributed by atoms with van der Waals surface area (Å²) in [7, 11) is 0. The van der Waals surface area contributed by atoms with Crippen LogP contribution in [-0.4, -0.2) is 30.2 Å². The highest BCUT2D eigenvalue weighted by Crippen LogP contribution is 2.25. The lowest BCUT2D eigenvalue weighted by Crippen LogP contribution is -2.25. The van der Waals surface area contributed by atoms with Crippen molar-refractivity contribution in [2.24, 2.45) is 16.7 Å². The molecule has 0 amide bonds. The number of nitrogens with one attached hydrogen (secondary N) is 1. The molecule has 11 heteroatoms. The number of hydrazone groups is 1. The second-order valence-electron chi connectivity index (χ2n) is 8.19. The number of benzene rings is 2. The monoisotopic (exact) mass is 468 g/mol. The molecule has 5 rings (SSSR count). The van der Waals surface area contributed by atoms with E-state index < -0.39 is 0 Å². The number of amidine groups is 1. The van der Waals surface area contributed by atoms with Gasteiger partial charge in [-0.2, -0.15) is 5.10 Å². The summed E-state index contributed by atoms with van der Waals surface area (Å²) in [6.07, 6.45) is 1.35. The molecule has 2 aromatic carbocycles. The van der Waals surface area contributed by atoms with Gasteiger partial charge in [-0.15, -0.1) is 5.10 Å². The predicted molar refractivity (Wildman–Crippen MR) is 136 cm³/mol. The number of nitrogen functional groups attached to an aromatic ring is 1. The van der Waals surface area contributed by atoms with Gasteiger partial charge in [-0.05, 0) is 42.5 Å². The Bertz CT molecular complexity index is 1680. The minimum Gasteiger partial charge on any atom is -0.383 e. The van der Waals surface area contributed by atoms with E-state index in [1.165, 1.54) is 6.33 Å². The fraction of sp³-hybridized carbons (Fsp3) is 0.125. The second-order valence-corrected chi connectivity index (χ2v) is 8.19. The molecule has 0 aliphatic rings. The van der Waals surface area contributed by atoms with E-state index in [0.717, 1.165) is 22.2 Å². The summed E-state index contributed by atoms with van der Waals surface area (Å²) in [6, 6.07) is 15.5. The van der Waals surface area contributed by atoms with Gasteiger partial charge < -0.3 is 11.5 Å². The maximum absolute atomic E-state index is 13.9. The lowest BCUT2D eigenvalue weighted by molar-refractivity contribution is 0.667. The van der Waals surface area contributed by atoms with E-state index in [9.17, 15) is 4.79 Å². The van der Waals surface area contributed by atoms with Gasteiger partial charge in [-0.1, -0.05) is 36.4 Å². The zero-order chi connectivity index (χ0) is 24.7. The third kappa shape index (κ3) is 3.63. The van der Waals surface area contributed by atoms with Gasteiger partial charge in [-0.3, -0.25) is 9.36 Å². The Kier molecular flexibility index (Phi) is 5.38. The molecule has 0 saturated carbocycles. The summed E-state index contributed by atoms with van der Waals surface area (Å²) < 4.78 is 3.36. The molecule has 7 N–H and O–H groups in total. The quantitative estimate of drug-likeness (QED) is 0.130. The van der Waals surface area contributed by atoms with E-state index in [4.69, 9.17) is 17.3 Å². The van der Waals surface area contributed by atoms with Crippen LogP contribution in [-0.2, 0) is 6.54 Å². The second kappa shape index (κ2) is 8.54. The number of fused-ring (bicyclic) bond motifs is 2. The molecule has 3 heterocycles. The summed E-state index contributed by atoms with van der Waals surface area (Å²) in [6.45, 7) is 4.12. The number of nitrogens with two attached hydrogens (primary N) is 3. The Morgan fingerprint density at radius 2 is 1.83 bits per heavy atom. The van der Waals surface area contributed by atoms with Crippen molar-refractivity contribution in [2.45, 2.75) is 20.4 Å². The van der Waals surface area contributed by atoms with E-state index in [0.29, 0.717) is 22.1 Å². The largest absolute Gasteiger partial charge is 0.383 e. The molecule has 0 unspecified atom stereocenters. The van der Waals surface area contributed by atoms with Gasteiger partial charge in [0.15, 0.2) is 11.5 Å². The molecule has 0 fully saturated rings. The number of nitrogens with zero attached hydrogens (tertiary/aromatic N) is 6. The minimum atomic E-state index is -0.107. The Labute approximate surface area is 199 Å². The predicted octanol–water partition coefficient (Wildman–Crippen LogP) is 1.46. The van der Waals surface area contributed by atoms with Crippen molar-refractivity contribution < 1.29 is 0 Å². The Hall–Kier alpha value is -4.77. The topological polar surface area (TPSA) is 168 Å². The number of aromatic nitrogens is 5. The van der Waals surface area contributed by atoms with Gasteiger partial charge in [-0.25, -0.2) is 26.0 Å². The number of aryl methyl sites for hydroxylation is 2. The molecule has 176 valence electrons. The van der Waals surface area contributed by atoms with E-state index in [1.807, 2.05) is 62.4 Å². The van der Waals surface area contributed by atoms with Crippen molar-refractivity contribution in [2.75, 3.05) is 5.73 Å². The number of para-hydroxylation sites is 1. The first-order chi connectivity index (χ1) is 16.9. The molecule has 0 spiro atoms. The molecule has 3 aromatic heterocycles. The summed E-state index contributed by atoms with van der Waals surface area (Å²) in [4.78, 5) is 22.3. The van der Waals surface area contributed by atoms with Crippen LogP contribution in [0.1, 0.15) is 22.5 Å². The molecule has 11 nitrogen and oxygen atoms in total. The molecule has 0 saturated heterocycles. The van der Waals surface area contributed by atoms with Crippen LogP contribution in [0.2, 0.25) is 0 Å². The third-order valence-electron chi connectivity index (χ3n) is 5.99. The molecule has 0 aliphatic carbocycles. The fourth-order valence-electron chi connectivity index (χ4n) is 4.38. The van der Waals surface area contributed by atoms with Crippen LogP contribution < -0.4 is 28.4 Å². The SMILES string of the molecule is Cc1ccccc1-n1c(Cn2nc(/C(N)=N/NN)c3c(N)ncnc32)cc2cccc(C)c2c1=O. The molecule has 0 bridgehead atoms. The third-order valence-corrected chi connectivity index (χ3v) is 5.99. The van der Waals surface area contributed by atoms with E-state index in [2.05, 4.69) is 25.7 Å². The normalized spacial score (nSPS) is 11.9. The summed E-state index contributed by atoms with van der Waals surface area (Å²) in [5, 5.41) is 10.4. The number of hydrogen-bond acceptors (Lipinski definition) is 8. The highest BCUT2D eigenvalue weighted by Gasteiger charge is 2.21. The van der Waals surface area contributed by atoms with E-state index in [-0.39, 0.29) is 29.5 Å². The average Bonchev–Trinajstić information content (AvgIpc) is 3.20. The number of hydrogen-bond donors (Lipinski definition) is 4. The molecular formula is C24H24N10O. The van der Waals surface area contributed by atoms with Crippen molar-refractivity contribution >= 4 is 33.5 Å². The lowest BCUT2D eigenvalue weighted by atomic mass is 10.1. The highest BCUT2D eigenvalue weighted by atomic mass is 16.1. The summed E-state index contributed by atoms with van der Waals surface area (Å²) in [5.74, 6) is 5.54. The first kappa shape index (κ1) is 22.0. The smallest absolute Gasteiger partial charge is 0.263 e. The fourth-order valence-corrected chi connectivity index (χ4v) is 4.38. The summed E-state index contributed by atoms with van der Waals surface area (Å²) >= 11 is 0. The van der Waals surface area contributed by atoms with Crippen molar-refractivity contribution in [1.29, 1.82) is 0 Å². The van der Waals surface area contributed by atoms with E-state index in [1.54, 1.807) is 9.25 Å². The first-order valence-corrected chi connectivity index (χ1v) is 10.9. The van der Waals surface area contributed by atoms with Crippen LogP contribution in [0.15, 0.2) is 64.8 Å². The van der Waals surface area contributed by atoms with Crippen molar-refractivity contribution in [1.82, 2.24) is 29.9 Å². The Morgan fingerprint density at radius 3 is 2.60 bits per heavy atom. The highest BCUT2D eigenvalue weighted by molar-refractivity contribution is 6.09. The first-order valence-electron chi connectivity index (χ1n) is 10.9. The number of pyridine rings is 1. The maximum Gasteiger partial charge on any atom is 0.263 e. The molecular weight excluding hydrogens is 444 g/mol. The van der Waals surface area contributed by atoms with Gasteiger partial charge in [0.25, 0.3) is 5.56 Å². The molecule has 35 heavy (non-hydrogen) atoms. The zero-order valence-electron chi connectivity index (χ0n) is 19.2. The molecule has 0 atom stereocenters. The summed E-state index contributed by atoms with van der Waals surface area (Å²) in [5.41, 5.74) is 18.4. The lowest BCUT2D eigenvalue weighted by Gasteiger charge is -2.17. The standard InChI is InChI=1S/C24H24N10O/c1-13-6-3-4-9-17(13)34-16(10-15-8-5-7-14(2)18(15)24(34)35)11-33-23-19(21(25)28-12-29-23)20(31-33)22(26)30-32-27/h3-10,12,32H,11,27H2,1-2H3,(H2,26,30)(H2,25,28,29). The van der Waals surface area contributed by atoms with Crippen LogP contribution in [0.25, 0.3) is 27.5 Å². The maximum atomic E-state index is 13.9.